The van der Waals surface area contributed by atoms with Crippen LogP contribution in [0.5, 0.6) is 17.2 Å². The molecule has 3 aromatic rings. The van der Waals surface area contributed by atoms with Crippen molar-refractivity contribution in [2.45, 2.75) is 50.6 Å². The summed E-state index contributed by atoms with van der Waals surface area (Å²) in [4.78, 5) is 12.7. The molecule has 1 aromatic heterocycles. The Morgan fingerprint density at radius 3 is 2.76 bits per heavy atom. The van der Waals surface area contributed by atoms with Crippen LogP contribution >= 0.6 is 11.8 Å². The molecule has 1 unspecified atom stereocenters. The van der Waals surface area contributed by atoms with Crippen molar-refractivity contribution in [2.75, 3.05) is 18.0 Å². The van der Waals surface area contributed by atoms with Crippen molar-refractivity contribution in [3.8, 4) is 17.2 Å². The minimum Gasteiger partial charge on any atom is -0.485 e. The van der Waals surface area contributed by atoms with Crippen LogP contribution in [0.25, 0.3) is 0 Å². The SMILES string of the molecule is Cc1ccc(C(C)C)c(OCc2nnc(SC(C)C(=O)Nc3ccc4c(c3)OCO4)n2N)c1. The van der Waals surface area contributed by atoms with Crippen LogP contribution in [0, 0.1) is 6.92 Å². The molecule has 33 heavy (non-hydrogen) atoms. The van der Waals surface area contributed by atoms with E-state index in [0.29, 0.717) is 34.1 Å². The van der Waals surface area contributed by atoms with E-state index in [-0.39, 0.29) is 19.3 Å². The topological polar surface area (TPSA) is 114 Å². The van der Waals surface area contributed by atoms with Gasteiger partial charge in [0.05, 0.1) is 5.25 Å². The summed E-state index contributed by atoms with van der Waals surface area (Å²) < 4.78 is 18.0. The van der Waals surface area contributed by atoms with Crippen molar-refractivity contribution in [2.24, 2.45) is 0 Å². The average molecular weight is 470 g/mol. The number of nitrogens with zero attached hydrogens (tertiary/aromatic N) is 3. The standard InChI is InChI=1S/C23H27N5O4S/c1-13(2)17-7-5-14(3)9-19(17)30-11-21-26-27-23(28(21)24)33-15(4)22(29)25-16-6-8-18-20(10-16)32-12-31-18/h5-10,13,15H,11-12,24H2,1-4H3,(H,25,29). The number of amides is 1. The molecule has 0 spiro atoms. The second-order valence-corrected chi connectivity index (χ2v) is 9.38. The third kappa shape index (κ3) is 5.16. The van der Waals surface area contributed by atoms with Gasteiger partial charge in [0.15, 0.2) is 17.3 Å². The number of aromatic nitrogens is 3. The molecule has 3 N–H and O–H groups in total. The molecule has 2 heterocycles. The molecule has 174 valence electrons. The van der Waals surface area contributed by atoms with Crippen molar-refractivity contribution in [3.05, 3.63) is 53.3 Å². The number of carbonyl (C=O) groups excluding carboxylic acids is 1. The van der Waals surface area contributed by atoms with Crippen molar-refractivity contribution >= 4 is 23.4 Å². The van der Waals surface area contributed by atoms with Crippen LogP contribution in [0.3, 0.4) is 0 Å². The number of thioether (sulfide) groups is 1. The van der Waals surface area contributed by atoms with E-state index >= 15 is 0 Å². The second-order valence-electron chi connectivity index (χ2n) is 8.07. The molecule has 0 fully saturated rings. The lowest BCUT2D eigenvalue weighted by atomic mass is 10.0. The van der Waals surface area contributed by atoms with Crippen molar-refractivity contribution in [1.29, 1.82) is 0 Å². The summed E-state index contributed by atoms with van der Waals surface area (Å²) in [5, 5.41) is 11.1. The summed E-state index contributed by atoms with van der Waals surface area (Å²) in [6.45, 7) is 8.39. The van der Waals surface area contributed by atoms with E-state index in [2.05, 4.69) is 41.5 Å². The molecular weight excluding hydrogens is 442 g/mol. The lowest BCUT2D eigenvalue weighted by Gasteiger charge is -2.15. The number of nitrogen functional groups attached to an aromatic ring is 1. The van der Waals surface area contributed by atoms with Crippen LogP contribution in [0.15, 0.2) is 41.6 Å². The Morgan fingerprint density at radius 1 is 1.18 bits per heavy atom. The number of aryl methyl sites for hydroxylation is 1. The van der Waals surface area contributed by atoms with Gasteiger partial charge in [-0.2, -0.15) is 0 Å². The van der Waals surface area contributed by atoms with Gasteiger partial charge in [-0.3, -0.25) is 4.79 Å². The van der Waals surface area contributed by atoms with Gasteiger partial charge >= 0.3 is 0 Å². The molecule has 0 radical (unpaired) electrons. The van der Waals surface area contributed by atoms with Crippen LogP contribution in [-0.4, -0.2) is 32.8 Å². The average Bonchev–Trinajstić information content (AvgIpc) is 3.38. The third-order valence-corrected chi connectivity index (χ3v) is 6.23. The molecular formula is C23H27N5O4S. The van der Waals surface area contributed by atoms with Crippen LogP contribution in [-0.2, 0) is 11.4 Å². The Balaban J connectivity index is 1.37. The number of anilines is 1. The van der Waals surface area contributed by atoms with E-state index in [1.807, 2.05) is 13.0 Å². The Morgan fingerprint density at radius 2 is 1.97 bits per heavy atom. The molecule has 0 aliphatic carbocycles. The maximum Gasteiger partial charge on any atom is 0.237 e. The van der Waals surface area contributed by atoms with Crippen LogP contribution in [0.1, 0.15) is 43.6 Å². The Kier molecular flexibility index (Phi) is 6.64. The Labute approximate surface area is 196 Å². The lowest BCUT2D eigenvalue weighted by molar-refractivity contribution is -0.115. The number of nitrogens with one attached hydrogen (secondary N) is 1. The summed E-state index contributed by atoms with van der Waals surface area (Å²) >= 11 is 1.22. The minimum absolute atomic E-state index is 0.172. The number of ether oxygens (including phenoxy) is 3. The van der Waals surface area contributed by atoms with Crippen molar-refractivity contribution in [3.63, 3.8) is 0 Å². The van der Waals surface area contributed by atoms with Crippen molar-refractivity contribution in [1.82, 2.24) is 14.9 Å². The van der Waals surface area contributed by atoms with Gasteiger partial charge in [-0.25, -0.2) is 4.68 Å². The molecule has 0 bridgehead atoms. The van der Waals surface area contributed by atoms with Gasteiger partial charge in [0.25, 0.3) is 0 Å². The minimum atomic E-state index is -0.458. The highest BCUT2D eigenvalue weighted by Crippen LogP contribution is 2.34. The quantitative estimate of drug-likeness (QED) is 0.378. The van der Waals surface area contributed by atoms with Crippen LogP contribution in [0.2, 0.25) is 0 Å². The Bertz CT molecular complexity index is 1160. The zero-order chi connectivity index (χ0) is 23.5. The fourth-order valence-corrected chi connectivity index (χ4v) is 4.09. The van der Waals surface area contributed by atoms with E-state index in [0.717, 1.165) is 16.9 Å². The van der Waals surface area contributed by atoms with Gasteiger partial charge in [0, 0.05) is 11.8 Å². The number of nitrogens with two attached hydrogens (primary N) is 1. The summed E-state index contributed by atoms with van der Waals surface area (Å²) in [6, 6.07) is 11.4. The molecule has 1 amide bonds. The highest BCUT2D eigenvalue weighted by molar-refractivity contribution is 8.00. The largest absolute Gasteiger partial charge is 0.485 e. The summed E-state index contributed by atoms with van der Waals surface area (Å²) in [5.74, 6) is 8.86. The molecule has 1 atom stereocenters. The van der Waals surface area contributed by atoms with E-state index in [4.69, 9.17) is 20.1 Å². The van der Waals surface area contributed by atoms with Gasteiger partial charge < -0.3 is 25.4 Å². The van der Waals surface area contributed by atoms with E-state index in [1.54, 1.807) is 25.1 Å². The summed E-state index contributed by atoms with van der Waals surface area (Å²) in [6.07, 6.45) is 0. The number of benzene rings is 2. The number of rotatable bonds is 8. The summed E-state index contributed by atoms with van der Waals surface area (Å²) in [5.41, 5.74) is 2.85. The highest BCUT2D eigenvalue weighted by Gasteiger charge is 2.21. The van der Waals surface area contributed by atoms with Gasteiger partial charge in [-0.05, 0) is 49.1 Å². The predicted octanol–water partition coefficient (Wildman–Crippen LogP) is 3.85. The molecule has 0 saturated carbocycles. The van der Waals surface area contributed by atoms with Crippen LogP contribution < -0.4 is 25.4 Å². The maximum absolute atomic E-state index is 12.7. The summed E-state index contributed by atoms with van der Waals surface area (Å²) in [7, 11) is 0. The Hall–Kier alpha value is -3.40. The zero-order valence-corrected chi connectivity index (χ0v) is 19.8. The first-order valence-electron chi connectivity index (χ1n) is 10.6. The number of hydrogen-bond donors (Lipinski definition) is 2. The number of hydrogen-bond acceptors (Lipinski definition) is 8. The van der Waals surface area contributed by atoms with Gasteiger partial charge in [-0.15, -0.1) is 10.2 Å². The molecule has 1 aliphatic heterocycles. The first-order chi connectivity index (χ1) is 15.8. The smallest absolute Gasteiger partial charge is 0.237 e. The van der Waals surface area contributed by atoms with Gasteiger partial charge in [0.1, 0.15) is 12.4 Å². The molecule has 10 heteroatoms. The maximum atomic E-state index is 12.7. The molecule has 4 rings (SSSR count). The fourth-order valence-electron chi connectivity index (χ4n) is 3.30. The molecule has 1 aliphatic rings. The first-order valence-corrected chi connectivity index (χ1v) is 11.5. The van der Waals surface area contributed by atoms with Gasteiger partial charge in [0.2, 0.25) is 17.9 Å². The number of carbonyl (C=O) groups is 1. The zero-order valence-electron chi connectivity index (χ0n) is 19.0. The monoisotopic (exact) mass is 469 g/mol. The van der Waals surface area contributed by atoms with E-state index in [1.165, 1.54) is 16.4 Å². The van der Waals surface area contributed by atoms with Crippen molar-refractivity contribution < 1.29 is 19.0 Å². The van der Waals surface area contributed by atoms with E-state index in [9.17, 15) is 4.79 Å². The lowest BCUT2D eigenvalue weighted by Crippen LogP contribution is -2.24. The normalized spacial score (nSPS) is 13.2. The first kappa shape index (κ1) is 22.8. The van der Waals surface area contributed by atoms with Crippen LogP contribution in [0.4, 0.5) is 5.69 Å². The fraction of sp³-hybridized carbons (Fsp3) is 0.348. The van der Waals surface area contributed by atoms with Gasteiger partial charge in [-0.1, -0.05) is 37.7 Å². The molecule has 9 nitrogen and oxygen atoms in total. The van der Waals surface area contributed by atoms with E-state index < -0.39 is 5.25 Å². The number of fused-ring (bicyclic) bond motifs is 1. The third-order valence-electron chi connectivity index (χ3n) is 5.17. The second kappa shape index (κ2) is 9.62. The predicted molar refractivity (Wildman–Crippen MR) is 126 cm³/mol. The molecule has 2 aromatic carbocycles. The molecule has 0 saturated heterocycles. The highest BCUT2D eigenvalue weighted by atomic mass is 32.2.